The van der Waals surface area contributed by atoms with Gasteiger partial charge in [0.1, 0.15) is 0 Å². The summed E-state index contributed by atoms with van der Waals surface area (Å²) < 4.78 is 39.4. The van der Waals surface area contributed by atoms with Gasteiger partial charge in [-0.25, -0.2) is 0 Å². The maximum atomic E-state index is 12.9. The van der Waals surface area contributed by atoms with Crippen LogP contribution in [0.2, 0.25) is 5.02 Å². The Kier molecular flexibility index (Phi) is 5.30. The molecule has 0 unspecified atom stereocenters. The standard InChI is InChI=1S/C15H12BrClF3N/c16-12-6-5-11(14(17)7-12)9-21-8-10-3-1-2-4-13(10)15(18,19)20/h1-7,21H,8-9H2. The molecule has 1 nitrogen and oxygen atoms in total. The van der Waals surface area contributed by atoms with Crippen LogP contribution in [0.25, 0.3) is 0 Å². The maximum Gasteiger partial charge on any atom is 0.416 e. The van der Waals surface area contributed by atoms with Gasteiger partial charge in [0.25, 0.3) is 0 Å². The molecule has 1 N–H and O–H groups in total. The van der Waals surface area contributed by atoms with Crippen molar-refractivity contribution in [2.45, 2.75) is 19.3 Å². The second-order valence-electron chi connectivity index (χ2n) is 4.49. The van der Waals surface area contributed by atoms with Gasteiger partial charge < -0.3 is 5.32 Å². The molecule has 21 heavy (non-hydrogen) atoms. The minimum Gasteiger partial charge on any atom is -0.309 e. The van der Waals surface area contributed by atoms with Gasteiger partial charge >= 0.3 is 6.18 Å². The Hall–Kier alpha value is -1.04. The molecule has 0 aliphatic heterocycles. The third kappa shape index (κ3) is 4.46. The summed E-state index contributed by atoms with van der Waals surface area (Å²) in [5.41, 5.74) is 0.446. The molecular weight excluding hydrogens is 367 g/mol. The zero-order valence-corrected chi connectivity index (χ0v) is 13.2. The lowest BCUT2D eigenvalue weighted by atomic mass is 10.1. The molecule has 0 atom stereocenters. The summed E-state index contributed by atoms with van der Waals surface area (Å²) >= 11 is 9.37. The summed E-state index contributed by atoms with van der Waals surface area (Å²) in [7, 11) is 0. The van der Waals surface area contributed by atoms with Crippen LogP contribution in [0.3, 0.4) is 0 Å². The van der Waals surface area contributed by atoms with Crippen molar-refractivity contribution in [2.75, 3.05) is 0 Å². The average Bonchev–Trinajstić information content (AvgIpc) is 2.41. The lowest BCUT2D eigenvalue weighted by Gasteiger charge is -2.13. The first kappa shape index (κ1) is 16.3. The van der Waals surface area contributed by atoms with Crippen LogP contribution in [0.15, 0.2) is 46.9 Å². The third-order valence-corrected chi connectivity index (χ3v) is 3.81. The summed E-state index contributed by atoms with van der Waals surface area (Å²) in [4.78, 5) is 0. The maximum absolute atomic E-state index is 12.9. The molecular formula is C15H12BrClF3N. The van der Waals surface area contributed by atoms with Crippen molar-refractivity contribution in [1.29, 1.82) is 0 Å². The van der Waals surface area contributed by atoms with Crippen LogP contribution in [0.1, 0.15) is 16.7 Å². The average molecular weight is 379 g/mol. The fourth-order valence-corrected chi connectivity index (χ4v) is 2.69. The van der Waals surface area contributed by atoms with Gasteiger partial charge in [-0.2, -0.15) is 13.2 Å². The molecule has 0 fully saturated rings. The predicted octanol–water partition coefficient (Wildman–Crippen LogP) is 5.41. The monoisotopic (exact) mass is 377 g/mol. The highest BCUT2D eigenvalue weighted by molar-refractivity contribution is 9.10. The zero-order valence-electron chi connectivity index (χ0n) is 10.8. The van der Waals surface area contributed by atoms with E-state index in [1.165, 1.54) is 12.1 Å². The van der Waals surface area contributed by atoms with Crippen molar-refractivity contribution in [3.63, 3.8) is 0 Å². The van der Waals surface area contributed by atoms with Crippen LogP contribution >= 0.6 is 27.5 Å². The summed E-state index contributed by atoms with van der Waals surface area (Å²) in [5, 5.41) is 3.56. The van der Waals surface area contributed by atoms with E-state index in [2.05, 4.69) is 21.2 Å². The molecule has 0 aromatic heterocycles. The highest BCUT2D eigenvalue weighted by atomic mass is 79.9. The van der Waals surface area contributed by atoms with Gasteiger partial charge in [-0.15, -0.1) is 0 Å². The van der Waals surface area contributed by atoms with E-state index in [1.807, 2.05) is 12.1 Å². The van der Waals surface area contributed by atoms with E-state index in [9.17, 15) is 13.2 Å². The molecule has 2 rings (SSSR count). The Labute approximate surface area is 134 Å². The van der Waals surface area contributed by atoms with Crippen LogP contribution in [-0.2, 0) is 19.3 Å². The van der Waals surface area contributed by atoms with Crippen LogP contribution in [0, 0.1) is 0 Å². The second kappa shape index (κ2) is 6.81. The van der Waals surface area contributed by atoms with Gasteiger partial charge in [-0.1, -0.05) is 51.8 Å². The van der Waals surface area contributed by atoms with Gasteiger partial charge in [0.05, 0.1) is 5.56 Å². The van der Waals surface area contributed by atoms with Crippen molar-refractivity contribution in [3.05, 3.63) is 68.7 Å². The molecule has 0 spiro atoms. The molecule has 2 aromatic carbocycles. The van der Waals surface area contributed by atoms with E-state index in [1.54, 1.807) is 12.1 Å². The fraction of sp³-hybridized carbons (Fsp3) is 0.200. The molecule has 0 aliphatic carbocycles. The summed E-state index contributed by atoms with van der Waals surface area (Å²) in [6, 6.07) is 11.0. The van der Waals surface area contributed by atoms with Gasteiger partial charge in [0.2, 0.25) is 0 Å². The van der Waals surface area contributed by atoms with Crippen molar-refractivity contribution >= 4 is 27.5 Å². The molecule has 0 heterocycles. The molecule has 112 valence electrons. The van der Waals surface area contributed by atoms with E-state index in [4.69, 9.17) is 11.6 Å². The van der Waals surface area contributed by atoms with Crippen LogP contribution < -0.4 is 5.32 Å². The number of hydrogen-bond acceptors (Lipinski definition) is 1. The first-order valence-electron chi connectivity index (χ1n) is 6.17. The van der Waals surface area contributed by atoms with Gasteiger partial charge in [0.15, 0.2) is 0 Å². The molecule has 0 aliphatic rings. The Morgan fingerprint density at radius 3 is 2.33 bits per heavy atom. The fourth-order valence-electron chi connectivity index (χ4n) is 1.95. The van der Waals surface area contributed by atoms with E-state index in [0.29, 0.717) is 11.6 Å². The second-order valence-corrected chi connectivity index (χ2v) is 5.82. The van der Waals surface area contributed by atoms with Crippen molar-refractivity contribution in [1.82, 2.24) is 5.32 Å². The van der Waals surface area contributed by atoms with Crippen LogP contribution in [0.5, 0.6) is 0 Å². The van der Waals surface area contributed by atoms with Crippen LogP contribution in [0.4, 0.5) is 13.2 Å². The highest BCUT2D eigenvalue weighted by Gasteiger charge is 2.32. The zero-order chi connectivity index (χ0) is 15.5. The van der Waals surface area contributed by atoms with Gasteiger partial charge in [0, 0.05) is 22.6 Å². The predicted molar refractivity (Wildman–Crippen MR) is 81.1 cm³/mol. The lowest BCUT2D eigenvalue weighted by molar-refractivity contribution is -0.138. The van der Waals surface area contributed by atoms with E-state index in [0.717, 1.165) is 16.1 Å². The Morgan fingerprint density at radius 2 is 1.67 bits per heavy atom. The minimum absolute atomic E-state index is 0.127. The number of rotatable bonds is 4. The topological polar surface area (TPSA) is 12.0 Å². The Morgan fingerprint density at radius 1 is 1.00 bits per heavy atom. The molecule has 0 saturated carbocycles. The first-order chi connectivity index (χ1) is 9.88. The van der Waals surface area contributed by atoms with Gasteiger partial charge in [-0.05, 0) is 29.3 Å². The first-order valence-corrected chi connectivity index (χ1v) is 7.35. The van der Waals surface area contributed by atoms with Crippen LogP contribution in [-0.4, -0.2) is 0 Å². The number of hydrogen-bond donors (Lipinski definition) is 1. The smallest absolute Gasteiger partial charge is 0.309 e. The molecule has 0 saturated heterocycles. The van der Waals surface area contributed by atoms with E-state index >= 15 is 0 Å². The van der Waals surface area contributed by atoms with Crippen molar-refractivity contribution in [3.8, 4) is 0 Å². The minimum atomic E-state index is -4.34. The summed E-state index contributed by atoms with van der Waals surface area (Å²) in [6.45, 7) is 0.528. The summed E-state index contributed by atoms with van der Waals surface area (Å²) in [5.74, 6) is 0. The lowest BCUT2D eigenvalue weighted by Crippen LogP contribution is -2.17. The molecule has 0 amide bonds. The molecule has 0 bridgehead atoms. The largest absolute Gasteiger partial charge is 0.416 e. The Bertz CT molecular complexity index is 629. The SMILES string of the molecule is FC(F)(F)c1ccccc1CNCc1ccc(Br)cc1Cl. The Balaban J connectivity index is 2.04. The number of halogens is 5. The third-order valence-electron chi connectivity index (χ3n) is 2.97. The number of nitrogens with one attached hydrogen (secondary N) is 1. The number of alkyl halides is 3. The summed E-state index contributed by atoms with van der Waals surface area (Å²) in [6.07, 6.45) is -4.34. The van der Waals surface area contributed by atoms with E-state index < -0.39 is 11.7 Å². The molecule has 6 heteroatoms. The van der Waals surface area contributed by atoms with Gasteiger partial charge in [-0.3, -0.25) is 0 Å². The van der Waals surface area contributed by atoms with Crippen molar-refractivity contribution < 1.29 is 13.2 Å². The number of benzene rings is 2. The molecule has 0 radical (unpaired) electrons. The van der Waals surface area contributed by atoms with Crippen molar-refractivity contribution in [2.24, 2.45) is 0 Å². The molecule has 2 aromatic rings. The highest BCUT2D eigenvalue weighted by Crippen LogP contribution is 2.31. The quantitative estimate of drug-likeness (QED) is 0.750. The normalized spacial score (nSPS) is 11.7. The van der Waals surface area contributed by atoms with E-state index in [-0.39, 0.29) is 12.1 Å².